The number of para-hydroxylation sites is 1. The van der Waals surface area contributed by atoms with E-state index >= 15 is 0 Å². The maximum absolute atomic E-state index is 13.7. The number of benzene rings is 3. The van der Waals surface area contributed by atoms with Crippen LogP contribution in [-0.4, -0.2) is 31.7 Å². The Morgan fingerprint density at radius 1 is 1.05 bits per heavy atom. The van der Waals surface area contributed by atoms with E-state index in [0.717, 1.165) is 11.1 Å². The number of carbonyl (C=O) groups excluding carboxylic acids is 1. The maximum Gasteiger partial charge on any atom is 0.335 e. The molecular weight excluding hydrogens is 522 g/mol. The molecule has 0 unspecified atom stereocenters. The highest BCUT2D eigenvalue weighted by Crippen LogP contribution is 2.37. The van der Waals surface area contributed by atoms with Crippen molar-refractivity contribution in [3.05, 3.63) is 111 Å². The van der Waals surface area contributed by atoms with Gasteiger partial charge in [-0.2, -0.15) is 4.98 Å². The van der Waals surface area contributed by atoms with Crippen LogP contribution in [-0.2, 0) is 10.5 Å². The molecule has 1 aliphatic rings. The smallest absolute Gasteiger partial charge is 0.335 e. The molecule has 0 radical (unpaired) electrons. The molecular formula is C28H24ClN5O3S. The van der Waals surface area contributed by atoms with Crippen molar-refractivity contribution >= 4 is 46.9 Å². The molecule has 1 aliphatic heterocycles. The number of aromatic carboxylic acids is 1. The van der Waals surface area contributed by atoms with E-state index in [4.69, 9.17) is 16.7 Å². The number of carboxylic acids is 1. The van der Waals surface area contributed by atoms with Crippen LogP contribution in [0.15, 0.2) is 89.2 Å². The van der Waals surface area contributed by atoms with Crippen molar-refractivity contribution in [2.45, 2.75) is 30.8 Å². The van der Waals surface area contributed by atoms with Gasteiger partial charge in [-0.15, -0.1) is 5.10 Å². The predicted octanol–water partition coefficient (Wildman–Crippen LogP) is 6.16. The molecule has 1 amide bonds. The SMILES string of the molecule is CC1=C(C(=O)Nc2ccccc2C)[C@@H](c2ccc(C(=O)O)cc2)n2nc(SCc3ccc(Cl)cc3)nc2N1. The monoisotopic (exact) mass is 545 g/mol. The molecule has 8 nitrogen and oxygen atoms in total. The van der Waals surface area contributed by atoms with Crippen LogP contribution >= 0.6 is 23.4 Å². The molecule has 4 aromatic rings. The van der Waals surface area contributed by atoms with Crippen LogP contribution in [0.3, 0.4) is 0 Å². The first-order valence-corrected chi connectivity index (χ1v) is 13.2. The molecule has 5 rings (SSSR count). The fourth-order valence-electron chi connectivity index (χ4n) is 4.23. The molecule has 1 aromatic heterocycles. The van der Waals surface area contributed by atoms with Crippen LogP contribution < -0.4 is 10.6 Å². The molecule has 0 saturated carbocycles. The second-order valence-electron chi connectivity index (χ2n) is 8.84. The molecule has 3 aromatic carbocycles. The van der Waals surface area contributed by atoms with E-state index in [9.17, 15) is 14.7 Å². The number of thioether (sulfide) groups is 1. The van der Waals surface area contributed by atoms with E-state index < -0.39 is 12.0 Å². The summed E-state index contributed by atoms with van der Waals surface area (Å²) in [4.78, 5) is 29.8. The summed E-state index contributed by atoms with van der Waals surface area (Å²) in [6.45, 7) is 3.75. The van der Waals surface area contributed by atoms with Crippen molar-refractivity contribution in [3.63, 3.8) is 0 Å². The zero-order valence-corrected chi connectivity index (χ0v) is 22.2. The summed E-state index contributed by atoms with van der Waals surface area (Å²) in [5.74, 6) is -0.159. The van der Waals surface area contributed by atoms with Crippen LogP contribution in [0.2, 0.25) is 5.02 Å². The van der Waals surface area contributed by atoms with Crippen molar-refractivity contribution in [2.24, 2.45) is 0 Å². The predicted molar refractivity (Wildman–Crippen MR) is 149 cm³/mol. The van der Waals surface area contributed by atoms with Crippen LogP contribution in [0, 0.1) is 6.92 Å². The number of nitrogens with one attached hydrogen (secondary N) is 2. The number of halogens is 1. The molecule has 10 heteroatoms. The third-order valence-electron chi connectivity index (χ3n) is 6.23. The standard InChI is InChI=1S/C28H24ClN5O3S/c1-16-5-3-4-6-22(16)31-25(35)23-17(2)30-27-32-28(38-15-18-7-13-21(29)14-8-18)33-34(27)24(23)19-9-11-20(12-10-19)26(36)37/h3-14,24H,15H2,1-2H3,(H,31,35)(H,36,37)(H,30,32,33)/t24-/m1/s1. The number of hydrogen-bond donors (Lipinski definition) is 3. The minimum Gasteiger partial charge on any atom is -0.478 e. The minimum absolute atomic E-state index is 0.160. The van der Waals surface area contributed by atoms with E-state index in [0.29, 0.717) is 44.4 Å². The highest BCUT2D eigenvalue weighted by molar-refractivity contribution is 7.98. The molecule has 38 heavy (non-hydrogen) atoms. The van der Waals surface area contributed by atoms with Gasteiger partial charge in [0.25, 0.3) is 5.91 Å². The van der Waals surface area contributed by atoms with Gasteiger partial charge in [0.15, 0.2) is 0 Å². The number of amides is 1. The van der Waals surface area contributed by atoms with Gasteiger partial charge in [-0.3, -0.25) is 4.79 Å². The maximum atomic E-state index is 13.7. The summed E-state index contributed by atoms with van der Waals surface area (Å²) in [6.07, 6.45) is 0. The number of aromatic nitrogens is 3. The Morgan fingerprint density at radius 2 is 1.76 bits per heavy atom. The van der Waals surface area contributed by atoms with Crippen LogP contribution in [0.1, 0.15) is 40.0 Å². The lowest BCUT2D eigenvalue weighted by atomic mass is 9.94. The first-order chi connectivity index (χ1) is 18.3. The van der Waals surface area contributed by atoms with Crippen molar-refractivity contribution in [2.75, 3.05) is 10.6 Å². The fraction of sp³-hybridized carbons (Fsp3) is 0.143. The second-order valence-corrected chi connectivity index (χ2v) is 10.2. The fourth-order valence-corrected chi connectivity index (χ4v) is 5.15. The van der Waals surface area contributed by atoms with E-state index in [2.05, 4.69) is 15.6 Å². The van der Waals surface area contributed by atoms with E-state index in [-0.39, 0.29) is 11.5 Å². The van der Waals surface area contributed by atoms with Gasteiger partial charge in [0.05, 0.1) is 11.1 Å². The van der Waals surface area contributed by atoms with Crippen molar-refractivity contribution in [1.29, 1.82) is 0 Å². The molecule has 192 valence electrons. The molecule has 0 fully saturated rings. The zero-order chi connectivity index (χ0) is 26.8. The highest BCUT2D eigenvalue weighted by atomic mass is 35.5. The second kappa shape index (κ2) is 10.7. The Kier molecular flexibility index (Phi) is 7.22. The summed E-state index contributed by atoms with van der Waals surface area (Å²) >= 11 is 7.47. The van der Waals surface area contributed by atoms with E-state index in [1.54, 1.807) is 16.8 Å². The number of carbonyl (C=O) groups is 2. The van der Waals surface area contributed by atoms with Gasteiger partial charge in [0, 0.05) is 22.2 Å². The molecule has 2 heterocycles. The number of fused-ring (bicyclic) bond motifs is 1. The first kappa shape index (κ1) is 25.6. The van der Waals surface area contributed by atoms with E-state index in [1.807, 2.05) is 62.4 Å². The number of anilines is 2. The quantitative estimate of drug-likeness (QED) is 0.239. The van der Waals surface area contributed by atoms with Crippen LogP contribution in [0.25, 0.3) is 0 Å². The molecule has 0 saturated heterocycles. The Bertz CT molecular complexity index is 1550. The molecule has 1 atom stereocenters. The molecule has 0 spiro atoms. The molecule has 0 bridgehead atoms. The van der Waals surface area contributed by atoms with Gasteiger partial charge in [-0.1, -0.05) is 65.8 Å². The lowest BCUT2D eigenvalue weighted by Gasteiger charge is -2.29. The van der Waals surface area contributed by atoms with Crippen molar-refractivity contribution in [3.8, 4) is 0 Å². The van der Waals surface area contributed by atoms with E-state index in [1.165, 1.54) is 23.9 Å². The third-order valence-corrected chi connectivity index (χ3v) is 7.39. The van der Waals surface area contributed by atoms with Gasteiger partial charge >= 0.3 is 5.97 Å². The first-order valence-electron chi connectivity index (χ1n) is 11.8. The number of nitrogens with zero attached hydrogens (tertiary/aromatic N) is 3. The normalized spacial score (nSPS) is 14.6. The summed E-state index contributed by atoms with van der Waals surface area (Å²) < 4.78 is 1.68. The van der Waals surface area contributed by atoms with Gasteiger partial charge in [-0.25, -0.2) is 9.48 Å². The topological polar surface area (TPSA) is 109 Å². The Balaban J connectivity index is 1.50. The van der Waals surface area contributed by atoms with Crippen molar-refractivity contribution < 1.29 is 14.7 Å². The zero-order valence-electron chi connectivity index (χ0n) is 20.6. The summed E-state index contributed by atoms with van der Waals surface area (Å²) in [6, 6.07) is 21.0. The summed E-state index contributed by atoms with van der Waals surface area (Å²) in [5.41, 5.74) is 4.70. The number of hydrogen-bond acceptors (Lipinski definition) is 6. The third kappa shape index (κ3) is 5.29. The average Bonchev–Trinajstić information content (AvgIpc) is 3.31. The minimum atomic E-state index is -1.02. The van der Waals surface area contributed by atoms with Crippen LogP contribution in [0.5, 0.6) is 0 Å². The lowest BCUT2D eigenvalue weighted by molar-refractivity contribution is -0.113. The van der Waals surface area contributed by atoms with Crippen molar-refractivity contribution in [1.82, 2.24) is 14.8 Å². The molecule has 3 N–H and O–H groups in total. The van der Waals surface area contributed by atoms with Gasteiger partial charge in [-0.05, 0) is 60.9 Å². The Labute approximate surface area is 228 Å². The van der Waals surface area contributed by atoms with Gasteiger partial charge in [0.2, 0.25) is 11.1 Å². The van der Waals surface area contributed by atoms with Crippen LogP contribution in [0.4, 0.5) is 11.6 Å². The number of rotatable bonds is 7. The Morgan fingerprint density at radius 3 is 2.45 bits per heavy atom. The summed E-state index contributed by atoms with van der Waals surface area (Å²) in [5, 5.41) is 21.6. The molecule has 0 aliphatic carbocycles. The highest BCUT2D eigenvalue weighted by Gasteiger charge is 2.34. The van der Waals surface area contributed by atoms with Gasteiger partial charge in [0.1, 0.15) is 6.04 Å². The lowest BCUT2D eigenvalue weighted by Crippen LogP contribution is -2.31. The average molecular weight is 546 g/mol. The largest absolute Gasteiger partial charge is 0.478 e. The number of aryl methyl sites for hydroxylation is 1. The number of allylic oxidation sites excluding steroid dienone is 1. The Hall–Kier alpha value is -4.08. The summed E-state index contributed by atoms with van der Waals surface area (Å²) in [7, 11) is 0. The van der Waals surface area contributed by atoms with Gasteiger partial charge < -0.3 is 15.7 Å². The number of carboxylic acid groups (broad SMARTS) is 1.